The minimum absolute atomic E-state index is 0.0845. The van der Waals surface area contributed by atoms with Gasteiger partial charge in [-0.3, -0.25) is 4.79 Å². The molecule has 0 aromatic carbocycles. The van der Waals surface area contributed by atoms with E-state index in [2.05, 4.69) is 19.7 Å². The Morgan fingerprint density at radius 3 is 2.75 bits per heavy atom. The molecule has 5 rings (SSSR count). The third kappa shape index (κ3) is 1.96. The van der Waals surface area contributed by atoms with Gasteiger partial charge in [0.2, 0.25) is 0 Å². The molecule has 2 aromatic rings. The molecule has 2 aliphatic carbocycles. The monoisotopic (exact) mass is 326 g/mol. The molecular weight excluding hydrogens is 304 g/mol. The molecule has 1 aliphatic heterocycles. The van der Waals surface area contributed by atoms with Crippen LogP contribution < -0.4 is 0 Å². The zero-order valence-corrected chi connectivity index (χ0v) is 13.9. The van der Waals surface area contributed by atoms with Gasteiger partial charge >= 0.3 is 0 Å². The summed E-state index contributed by atoms with van der Waals surface area (Å²) >= 11 is 0. The third-order valence-corrected chi connectivity index (χ3v) is 6.17. The maximum absolute atomic E-state index is 12.9. The van der Waals surface area contributed by atoms with E-state index in [0.717, 1.165) is 18.9 Å². The zero-order valence-electron chi connectivity index (χ0n) is 13.9. The van der Waals surface area contributed by atoms with E-state index in [9.17, 15) is 4.79 Å². The molecule has 0 radical (unpaired) electrons. The highest BCUT2D eigenvalue weighted by Crippen LogP contribution is 2.56. The first kappa shape index (κ1) is 14.2. The fourth-order valence-corrected chi connectivity index (χ4v) is 4.48. The molecule has 1 amide bonds. The Morgan fingerprint density at radius 2 is 2.12 bits per heavy atom. The number of hydrogen-bond donors (Lipinski definition) is 0. The molecule has 7 heteroatoms. The summed E-state index contributed by atoms with van der Waals surface area (Å²) in [4.78, 5) is 19.0. The van der Waals surface area contributed by atoms with Gasteiger partial charge in [0, 0.05) is 32.1 Å². The molecule has 2 aromatic heterocycles. The Morgan fingerprint density at radius 1 is 1.29 bits per heavy atom. The second kappa shape index (κ2) is 4.91. The van der Waals surface area contributed by atoms with Crippen LogP contribution in [0.5, 0.6) is 0 Å². The van der Waals surface area contributed by atoms with Crippen molar-refractivity contribution in [1.29, 1.82) is 0 Å². The van der Waals surface area contributed by atoms with Crippen molar-refractivity contribution in [2.75, 3.05) is 13.1 Å². The topological polar surface area (TPSA) is 68.8 Å². The van der Waals surface area contributed by atoms with Gasteiger partial charge in [-0.1, -0.05) is 6.42 Å². The summed E-state index contributed by atoms with van der Waals surface area (Å²) in [6.45, 7) is 1.58. The Bertz CT molecular complexity index is 785. The summed E-state index contributed by atoms with van der Waals surface area (Å²) < 4.78 is 4.07. The van der Waals surface area contributed by atoms with E-state index in [-0.39, 0.29) is 11.3 Å². The van der Waals surface area contributed by atoms with E-state index in [0.29, 0.717) is 17.7 Å². The maximum Gasteiger partial charge on any atom is 0.272 e. The van der Waals surface area contributed by atoms with Crippen LogP contribution in [0.2, 0.25) is 0 Å². The highest BCUT2D eigenvalue weighted by Gasteiger charge is 2.54. The van der Waals surface area contributed by atoms with Crippen LogP contribution in [0, 0.1) is 5.41 Å². The molecule has 7 nitrogen and oxygen atoms in total. The smallest absolute Gasteiger partial charge is 0.272 e. The Hall–Kier alpha value is -2.18. The van der Waals surface area contributed by atoms with Crippen LogP contribution in [0.25, 0.3) is 0 Å². The van der Waals surface area contributed by atoms with Gasteiger partial charge in [0.15, 0.2) is 0 Å². The number of likely N-dealkylation sites (tertiary alicyclic amines) is 1. The number of aryl methyl sites for hydroxylation is 1. The highest BCUT2D eigenvalue weighted by molar-refractivity contribution is 5.92. The lowest BCUT2D eigenvalue weighted by molar-refractivity contribution is 0.0714. The molecule has 0 bridgehead atoms. The van der Waals surface area contributed by atoms with Crippen molar-refractivity contribution in [3.63, 3.8) is 0 Å². The van der Waals surface area contributed by atoms with Crippen LogP contribution in [0.4, 0.5) is 0 Å². The van der Waals surface area contributed by atoms with Gasteiger partial charge < -0.3 is 14.0 Å². The average Bonchev–Trinajstić information content (AvgIpc) is 2.99. The molecule has 2 saturated carbocycles. The Balaban J connectivity index is 1.46. The van der Waals surface area contributed by atoms with Crippen molar-refractivity contribution in [1.82, 2.24) is 29.2 Å². The number of carbonyl (C=O) groups excluding carboxylic acids is 1. The molecule has 3 heterocycles. The molecule has 1 unspecified atom stereocenters. The molecule has 3 aliphatic rings. The van der Waals surface area contributed by atoms with Crippen LogP contribution in [0.15, 0.2) is 18.9 Å². The molecule has 1 atom stereocenters. The molecule has 3 fully saturated rings. The maximum atomic E-state index is 12.9. The van der Waals surface area contributed by atoms with Crippen molar-refractivity contribution in [3.8, 4) is 0 Å². The van der Waals surface area contributed by atoms with Crippen LogP contribution in [-0.2, 0) is 7.05 Å². The van der Waals surface area contributed by atoms with E-state index in [1.165, 1.54) is 32.1 Å². The van der Waals surface area contributed by atoms with Gasteiger partial charge in [-0.15, -0.1) is 10.2 Å². The zero-order chi connectivity index (χ0) is 16.3. The van der Waals surface area contributed by atoms with Gasteiger partial charge in [0.1, 0.15) is 17.8 Å². The van der Waals surface area contributed by atoms with E-state index >= 15 is 0 Å². The third-order valence-electron chi connectivity index (χ3n) is 6.17. The van der Waals surface area contributed by atoms with E-state index in [1.807, 2.05) is 18.3 Å². The fourth-order valence-electron chi connectivity index (χ4n) is 4.48. The van der Waals surface area contributed by atoms with Crippen molar-refractivity contribution in [2.24, 2.45) is 12.5 Å². The summed E-state index contributed by atoms with van der Waals surface area (Å²) in [6, 6.07) is 0.578. The van der Waals surface area contributed by atoms with Crippen molar-refractivity contribution in [3.05, 3.63) is 30.4 Å². The summed E-state index contributed by atoms with van der Waals surface area (Å²) in [6.07, 6.45) is 11.3. The predicted molar refractivity (Wildman–Crippen MR) is 86.4 cm³/mol. The lowest BCUT2D eigenvalue weighted by atomic mass is 9.62. The van der Waals surface area contributed by atoms with E-state index in [1.54, 1.807) is 17.1 Å². The average molecular weight is 326 g/mol. The summed E-state index contributed by atoms with van der Waals surface area (Å²) in [5.41, 5.74) is 0.863. The number of nitrogens with zero attached hydrogens (tertiary/aromatic N) is 6. The van der Waals surface area contributed by atoms with Crippen molar-refractivity contribution in [2.45, 2.75) is 44.1 Å². The summed E-state index contributed by atoms with van der Waals surface area (Å²) in [5.74, 6) is 1.49. The van der Waals surface area contributed by atoms with E-state index < -0.39 is 0 Å². The molecule has 1 saturated heterocycles. The first-order chi connectivity index (χ1) is 11.7. The van der Waals surface area contributed by atoms with Crippen molar-refractivity contribution < 1.29 is 4.79 Å². The molecule has 1 spiro atoms. The number of aromatic nitrogens is 5. The van der Waals surface area contributed by atoms with Gasteiger partial charge in [-0.2, -0.15) is 0 Å². The lowest BCUT2D eigenvalue weighted by Crippen LogP contribution is -2.38. The van der Waals surface area contributed by atoms with Gasteiger partial charge in [-0.05, 0) is 31.1 Å². The van der Waals surface area contributed by atoms with Crippen LogP contribution >= 0.6 is 0 Å². The lowest BCUT2D eigenvalue weighted by Gasteiger charge is -2.42. The van der Waals surface area contributed by atoms with Gasteiger partial charge in [0.25, 0.3) is 5.91 Å². The Kier molecular flexibility index (Phi) is 2.90. The second-order valence-corrected chi connectivity index (χ2v) is 7.67. The minimum atomic E-state index is 0.0845. The highest BCUT2D eigenvalue weighted by atomic mass is 16.2. The number of rotatable bonds is 3. The summed E-state index contributed by atoms with van der Waals surface area (Å²) in [5, 5.41) is 8.65. The number of imidazole rings is 1. The SMILES string of the molecule is Cn1cncc1C(=O)N1CC(c2nncn2C2CC2)C2(CCC2)C1. The fraction of sp³-hybridized carbons (Fsp3) is 0.647. The minimum Gasteiger partial charge on any atom is -0.336 e. The Labute approximate surface area is 140 Å². The first-order valence-electron chi connectivity index (χ1n) is 8.83. The first-order valence-corrected chi connectivity index (χ1v) is 8.83. The molecule has 0 N–H and O–H groups in total. The van der Waals surface area contributed by atoms with Gasteiger partial charge in [0.05, 0.1) is 12.5 Å². The molecule has 24 heavy (non-hydrogen) atoms. The van der Waals surface area contributed by atoms with Crippen LogP contribution in [-0.4, -0.2) is 48.2 Å². The van der Waals surface area contributed by atoms with Crippen molar-refractivity contribution >= 4 is 5.91 Å². The number of amides is 1. The predicted octanol–water partition coefficient (Wildman–Crippen LogP) is 1.76. The van der Waals surface area contributed by atoms with Crippen LogP contribution in [0.1, 0.15) is 60.4 Å². The van der Waals surface area contributed by atoms with E-state index in [4.69, 9.17) is 0 Å². The van der Waals surface area contributed by atoms with Crippen LogP contribution in [0.3, 0.4) is 0 Å². The normalized spacial score (nSPS) is 25.2. The number of carbonyl (C=O) groups is 1. The standard InChI is InChI=1S/C17H22N6O/c1-21-10-18-7-14(21)16(24)22-8-13(17(9-22)5-2-6-17)15-20-19-11-23(15)12-3-4-12/h7,10-13H,2-6,8-9H2,1H3. The number of hydrogen-bond acceptors (Lipinski definition) is 4. The second-order valence-electron chi connectivity index (χ2n) is 7.67. The van der Waals surface area contributed by atoms with Gasteiger partial charge in [-0.25, -0.2) is 4.98 Å². The largest absolute Gasteiger partial charge is 0.336 e. The summed E-state index contributed by atoms with van der Waals surface area (Å²) in [7, 11) is 1.87. The quantitative estimate of drug-likeness (QED) is 0.862. The molecule has 126 valence electrons. The molecular formula is C17H22N6O.